The zero-order valence-corrected chi connectivity index (χ0v) is 14.1. The Kier molecular flexibility index (Phi) is 7.67. The van der Waals surface area contributed by atoms with E-state index in [2.05, 4.69) is 22.9 Å². The predicted molar refractivity (Wildman–Crippen MR) is 85.0 cm³/mol. The molecule has 112 valence electrons. The third-order valence-electron chi connectivity index (χ3n) is 2.94. The van der Waals surface area contributed by atoms with Crippen LogP contribution in [0.1, 0.15) is 56.8 Å². The van der Waals surface area contributed by atoms with Gasteiger partial charge in [0.05, 0.1) is 13.2 Å². The first kappa shape index (κ1) is 17.0. The number of Topliss-reactive ketones (excluding diaryl/α,β-unsaturated/α-hetero) is 1. The minimum atomic E-state index is 0.148. The molecule has 1 aromatic rings. The van der Waals surface area contributed by atoms with Crippen LogP contribution in [0.4, 0.5) is 0 Å². The number of carbonyl (C=O) groups excluding carboxylic acids is 1. The van der Waals surface area contributed by atoms with E-state index in [-0.39, 0.29) is 5.78 Å². The number of halogens is 1. The van der Waals surface area contributed by atoms with Crippen molar-refractivity contribution >= 4 is 21.7 Å². The Labute approximate surface area is 129 Å². The molecule has 0 atom stereocenters. The van der Waals surface area contributed by atoms with Gasteiger partial charge >= 0.3 is 0 Å². The fraction of sp³-hybridized carbons (Fsp3) is 0.562. The normalized spacial score (nSPS) is 10.4. The van der Waals surface area contributed by atoms with E-state index in [1.807, 2.05) is 19.9 Å². The van der Waals surface area contributed by atoms with Crippen molar-refractivity contribution in [3.63, 3.8) is 0 Å². The molecule has 4 heteroatoms. The van der Waals surface area contributed by atoms with E-state index in [0.29, 0.717) is 36.7 Å². The number of ketones is 1. The molecule has 0 spiro atoms. The largest absolute Gasteiger partial charge is 0.490 e. The Morgan fingerprint density at radius 3 is 2.20 bits per heavy atom. The fourth-order valence-electron chi connectivity index (χ4n) is 1.96. The highest BCUT2D eigenvalue weighted by molar-refractivity contribution is 9.10. The van der Waals surface area contributed by atoms with Crippen LogP contribution in [0.15, 0.2) is 16.6 Å². The van der Waals surface area contributed by atoms with E-state index >= 15 is 0 Å². The number of hydrogen-bond donors (Lipinski definition) is 0. The number of unbranched alkanes of at least 4 members (excludes halogenated alkanes) is 2. The van der Waals surface area contributed by atoms with E-state index in [1.54, 1.807) is 6.07 Å². The first-order valence-electron chi connectivity index (χ1n) is 7.26. The molecule has 20 heavy (non-hydrogen) atoms. The summed E-state index contributed by atoms with van der Waals surface area (Å²) in [4.78, 5) is 12.2. The van der Waals surface area contributed by atoms with E-state index in [1.165, 1.54) is 0 Å². The smallest absolute Gasteiger partial charge is 0.164 e. The lowest BCUT2D eigenvalue weighted by molar-refractivity contribution is 0.0978. The summed E-state index contributed by atoms with van der Waals surface area (Å²) in [6, 6.07) is 3.61. The number of rotatable bonds is 9. The summed E-state index contributed by atoms with van der Waals surface area (Å²) >= 11 is 3.46. The molecule has 0 aliphatic rings. The SMILES string of the molecule is CCCCCC(=O)c1cc(OCC)c(OCC)cc1Br. The number of carbonyl (C=O) groups is 1. The molecule has 0 aliphatic heterocycles. The van der Waals surface area contributed by atoms with Crippen LogP contribution in [0.5, 0.6) is 11.5 Å². The molecule has 3 nitrogen and oxygen atoms in total. The van der Waals surface area contributed by atoms with Gasteiger partial charge < -0.3 is 9.47 Å². The summed E-state index contributed by atoms with van der Waals surface area (Å²) in [6.45, 7) is 7.08. The van der Waals surface area contributed by atoms with Gasteiger partial charge in [-0.15, -0.1) is 0 Å². The average Bonchev–Trinajstić information content (AvgIpc) is 2.42. The van der Waals surface area contributed by atoms with Crippen molar-refractivity contribution in [1.29, 1.82) is 0 Å². The van der Waals surface area contributed by atoms with Crippen LogP contribution in [-0.2, 0) is 0 Å². The molecule has 0 fully saturated rings. The first-order valence-corrected chi connectivity index (χ1v) is 8.05. The lowest BCUT2D eigenvalue weighted by Crippen LogP contribution is -2.04. The predicted octanol–water partition coefficient (Wildman–Crippen LogP) is 5.01. The van der Waals surface area contributed by atoms with Gasteiger partial charge in [-0.25, -0.2) is 0 Å². The summed E-state index contributed by atoms with van der Waals surface area (Å²) in [6.07, 6.45) is 3.70. The molecule has 0 unspecified atom stereocenters. The molecule has 0 saturated heterocycles. The summed E-state index contributed by atoms with van der Waals surface area (Å²) < 4.78 is 11.9. The molecule has 0 heterocycles. The summed E-state index contributed by atoms with van der Waals surface area (Å²) in [5.41, 5.74) is 0.674. The topological polar surface area (TPSA) is 35.5 Å². The van der Waals surface area contributed by atoms with Crippen molar-refractivity contribution in [2.45, 2.75) is 46.5 Å². The van der Waals surface area contributed by atoms with Crippen LogP contribution in [-0.4, -0.2) is 19.0 Å². The lowest BCUT2D eigenvalue weighted by atomic mass is 10.0. The Morgan fingerprint density at radius 1 is 1.05 bits per heavy atom. The molecule has 0 aliphatic carbocycles. The van der Waals surface area contributed by atoms with Crippen LogP contribution in [0.2, 0.25) is 0 Å². The van der Waals surface area contributed by atoms with Gasteiger partial charge in [0.1, 0.15) is 0 Å². The molecular weight excluding hydrogens is 320 g/mol. The standard InChI is InChI=1S/C16H23BrO3/c1-4-7-8-9-14(18)12-10-15(19-5-2)16(20-6-3)11-13(12)17/h10-11H,4-9H2,1-3H3. The van der Waals surface area contributed by atoms with Crippen molar-refractivity contribution in [2.75, 3.05) is 13.2 Å². The third-order valence-corrected chi connectivity index (χ3v) is 3.60. The molecule has 0 saturated carbocycles. The van der Waals surface area contributed by atoms with Crippen molar-refractivity contribution in [2.24, 2.45) is 0 Å². The van der Waals surface area contributed by atoms with Crippen LogP contribution in [0.3, 0.4) is 0 Å². The number of hydrogen-bond acceptors (Lipinski definition) is 3. The number of ether oxygens (including phenoxy) is 2. The van der Waals surface area contributed by atoms with Gasteiger partial charge in [-0.3, -0.25) is 4.79 Å². The highest BCUT2D eigenvalue weighted by Crippen LogP contribution is 2.34. The molecule has 1 rings (SSSR count). The minimum absolute atomic E-state index is 0.148. The highest BCUT2D eigenvalue weighted by atomic mass is 79.9. The fourth-order valence-corrected chi connectivity index (χ4v) is 2.50. The monoisotopic (exact) mass is 342 g/mol. The third kappa shape index (κ3) is 4.82. The quantitative estimate of drug-likeness (QED) is 0.467. The van der Waals surface area contributed by atoms with E-state index < -0.39 is 0 Å². The highest BCUT2D eigenvalue weighted by Gasteiger charge is 2.15. The second-order valence-corrected chi connectivity index (χ2v) is 5.38. The van der Waals surface area contributed by atoms with Gasteiger partial charge in [-0.1, -0.05) is 19.8 Å². The zero-order valence-electron chi connectivity index (χ0n) is 12.5. The Hall–Kier alpha value is -1.03. The zero-order chi connectivity index (χ0) is 15.0. The molecule has 1 aromatic carbocycles. The van der Waals surface area contributed by atoms with Crippen LogP contribution < -0.4 is 9.47 Å². The summed E-state index contributed by atoms with van der Waals surface area (Å²) in [5.74, 6) is 1.46. The van der Waals surface area contributed by atoms with Crippen molar-refractivity contribution in [1.82, 2.24) is 0 Å². The van der Waals surface area contributed by atoms with E-state index in [4.69, 9.17) is 9.47 Å². The van der Waals surface area contributed by atoms with Crippen LogP contribution in [0, 0.1) is 0 Å². The maximum absolute atomic E-state index is 12.2. The molecule has 0 radical (unpaired) electrons. The van der Waals surface area contributed by atoms with Crippen LogP contribution >= 0.6 is 15.9 Å². The maximum atomic E-state index is 12.2. The van der Waals surface area contributed by atoms with E-state index in [0.717, 1.165) is 23.7 Å². The Balaban J connectivity index is 2.95. The van der Waals surface area contributed by atoms with E-state index in [9.17, 15) is 4.79 Å². The lowest BCUT2D eigenvalue weighted by Gasteiger charge is -2.13. The Morgan fingerprint density at radius 2 is 1.65 bits per heavy atom. The molecule has 0 N–H and O–H groups in total. The molecular formula is C16H23BrO3. The van der Waals surface area contributed by atoms with Crippen LogP contribution in [0.25, 0.3) is 0 Å². The summed E-state index contributed by atoms with van der Waals surface area (Å²) in [5, 5.41) is 0. The molecule has 0 bridgehead atoms. The van der Waals surface area contributed by atoms with Crippen molar-refractivity contribution < 1.29 is 14.3 Å². The van der Waals surface area contributed by atoms with Gasteiger partial charge in [0.15, 0.2) is 17.3 Å². The average molecular weight is 343 g/mol. The van der Waals surface area contributed by atoms with Gasteiger partial charge in [0.25, 0.3) is 0 Å². The van der Waals surface area contributed by atoms with Gasteiger partial charge in [0.2, 0.25) is 0 Å². The first-order chi connectivity index (χ1) is 9.63. The maximum Gasteiger partial charge on any atom is 0.164 e. The summed E-state index contributed by atoms with van der Waals surface area (Å²) in [7, 11) is 0. The van der Waals surface area contributed by atoms with Gasteiger partial charge in [-0.05, 0) is 48.3 Å². The van der Waals surface area contributed by atoms with Gasteiger partial charge in [-0.2, -0.15) is 0 Å². The second-order valence-electron chi connectivity index (χ2n) is 4.53. The van der Waals surface area contributed by atoms with Gasteiger partial charge in [0, 0.05) is 16.5 Å². The molecule has 0 aromatic heterocycles. The van der Waals surface area contributed by atoms with Crippen molar-refractivity contribution in [3.05, 3.63) is 22.2 Å². The van der Waals surface area contributed by atoms with Crippen molar-refractivity contribution in [3.8, 4) is 11.5 Å². The molecule has 0 amide bonds. The second kappa shape index (κ2) is 9.01. The minimum Gasteiger partial charge on any atom is -0.490 e. The number of benzene rings is 1. The Bertz CT molecular complexity index is 444.